The average molecular weight is 835 g/mol. The van der Waals surface area contributed by atoms with Crippen LogP contribution in [0.5, 0.6) is 0 Å². The molecule has 0 radical (unpaired) electrons. The van der Waals surface area contributed by atoms with Crippen molar-refractivity contribution < 1.29 is 24.2 Å². The zero-order valence-corrected chi connectivity index (χ0v) is 39.2. The van der Waals surface area contributed by atoms with Crippen molar-refractivity contribution in [2.45, 2.75) is 238 Å². The Hall–Kier alpha value is -2.92. The van der Waals surface area contributed by atoms with Crippen LogP contribution in [-0.4, -0.2) is 36.4 Å². The number of aliphatic hydroxyl groups excluding tert-OH is 1. The zero-order valence-electron chi connectivity index (χ0n) is 39.2. The van der Waals surface area contributed by atoms with E-state index in [1.54, 1.807) is 0 Å². The smallest absolute Gasteiger partial charge is 0.306 e. The van der Waals surface area contributed by atoms with Gasteiger partial charge in [0.25, 0.3) is 0 Å². The van der Waals surface area contributed by atoms with Gasteiger partial charge in [-0.2, -0.15) is 0 Å². The van der Waals surface area contributed by atoms with Crippen LogP contribution in [0.25, 0.3) is 0 Å². The number of allylic oxidation sites excluding steroid dienone is 14. The van der Waals surface area contributed by atoms with Gasteiger partial charge >= 0.3 is 11.9 Å². The molecule has 0 aromatic rings. The number of carbonyl (C=O) groups is 2. The van der Waals surface area contributed by atoms with E-state index in [1.165, 1.54) is 122 Å². The monoisotopic (exact) mass is 835 g/mol. The molecular weight excluding hydrogens is 741 g/mol. The van der Waals surface area contributed by atoms with Gasteiger partial charge in [0.05, 0.1) is 6.61 Å². The number of rotatable bonds is 45. The van der Waals surface area contributed by atoms with E-state index >= 15 is 0 Å². The first kappa shape index (κ1) is 57.1. The minimum atomic E-state index is -0.780. The van der Waals surface area contributed by atoms with E-state index in [2.05, 4.69) is 98.9 Å². The highest BCUT2D eigenvalue weighted by Crippen LogP contribution is 2.15. The average Bonchev–Trinajstić information content (AvgIpc) is 3.25. The molecule has 0 amide bonds. The lowest BCUT2D eigenvalue weighted by Crippen LogP contribution is -2.28. The Balaban J connectivity index is 3.53. The van der Waals surface area contributed by atoms with Crippen molar-refractivity contribution in [2.24, 2.45) is 0 Å². The SMILES string of the molecule is CC/C=C\C/C=C\C/C=C\C/C=C\C/C=C\C/C=C\CCCCCCCCCCCCCCC(=O)OC(CO)COC(=O)CCCCCCC/C=C\CCCCCCCC. The van der Waals surface area contributed by atoms with Gasteiger partial charge in [-0.1, -0.05) is 214 Å². The summed E-state index contributed by atoms with van der Waals surface area (Å²) in [5, 5.41) is 9.61. The Kier molecular flexibility index (Phi) is 48.0. The number of unbranched alkanes of at least 4 members (excludes halogenated alkanes) is 23. The van der Waals surface area contributed by atoms with Gasteiger partial charge in [0.2, 0.25) is 0 Å². The second-order valence-electron chi connectivity index (χ2n) is 16.5. The highest BCUT2D eigenvalue weighted by atomic mass is 16.6. The van der Waals surface area contributed by atoms with E-state index in [-0.39, 0.29) is 25.2 Å². The lowest BCUT2D eigenvalue weighted by Gasteiger charge is -2.15. The maximum Gasteiger partial charge on any atom is 0.306 e. The number of carbonyl (C=O) groups excluding carboxylic acids is 2. The van der Waals surface area contributed by atoms with E-state index in [4.69, 9.17) is 9.47 Å². The van der Waals surface area contributed by atoms with Crippen molar-refractivity contribution in [1.82, 2.24) is 0 Å². The zero-order chi connectivity index (χ0) is 43.5. The van der Waals surface area contributed by atoms with Crippen LogP contribution in [0.2, 0.25) is 0 Å². The Bertz CT molecular complexity index is 1130. The quantitative estimate of drug-likeness (QED) is 0.0376. The van der Waals surface area contributed by atoms with Crippen LogP contribution in [0.1, 0.15) is 232 Å². The first-order valence-electron chi connectivity index (χ1n) is 25.1. The summed E-state index contributed by atoms with van der Waals surface area (Å²) in [6.45, 7) is 4.02. The van der Waals surface area contributed by atoms with Crippen LogP contribution < -0.4 is 0 Å². The minimum Gasteiger partial charge on any atom is -0.462 e. The van der Waals surface area contributed by atoms with Gasteiger partial charge in [0.1, 0.15) is 6.61 Å². The van der Waals surface area contributed by atoms with Crippen LogP contribution in [0.3, 0.4) is 0 Å². The second-order valence-corrected chi connectivity index (χ2v) is 16.5. The van der Waals surface area contributed by atoms with Crippen LogP contribution in [0, 0.1) is 0 Å². The van der Waals surface area contributed by atoms with Gasteiger partial charge in [-0.3, -0.25) is 9.59 Å². The Morgan fingerprint density at radius 1 is 0.400 bits per heavy atom. The molecule has 0 aliphatic carbocycles. The van der Waals surface area contributed by atoms with Crippen molar-refractivity contribution >= 4 is 11.9 Å². The van der Waals surface area contributed by atoms with Crippen LogP contribution in [0.15, 0.2) is 85.1 Å². The molecule has 5 nitrogen and oxygen atoms in total. The second kappa shape index (κ2) is 50.4. The topological polar surface area (TPSA) is 72.8 Å². The molecule has 1 atom stereocenters. The first-order chi connectivity index (χ1) is 29.6. The normalized spacial score (nSPS) is 12.9. The van der Waals surface area contributed by atoms with E-state index < -0.39 is 6.10 Å². The third kappa shape index (κ3) is 47.8. The van der Waals surface area contributed by atoms with Crippen LogP contribution in [-0.2, 0) is 19.1 Å². The van der Waals surface area contributed by atoms with Crippen molar-refractivity contribution in [3.05, 3.63) is 85.1 Å². The van der Waals surface area contributed by atoms with E-state index in [0.29, 0.717) is 12.8 Å². The summed E-state index contributed by atoms with van der Waals surface area (Å²) < 4.78 is 10.7. The summed E-state index contributed by atoms with van der Waals surface area (Å²) in [7, 11) is 0. The van der Waals surface area contributed by atoms with Gasteiger partial charge in [-0.05, 0) is 89.9 Å². The Morgan fingerprint density at radius 3 is 1.10 bits per heavy atom. The molecule has 0 heterocycles. The summed E-state index contributed by atoms with van der Waals surface area (Å²) in [6.07, 6.45) is 69.6. The van der Waals surface area contributed by atoms with Gasteiger partial charge in [-0.15, -0.1) is 0 Å². The molecule has 1 N–H and O–H groups in total. The Morgan fingerprint density at radius 2 is 0.717 bits per heavy atom. The molecule has 0 aromatic carbocycles. The van der Waals surface area contributed by atoms with Gasteiger partial charge in [0.15, 0.2) is 6.10 Å². The minimum absolute atomic E-state index is 0.0729. The fourth-order valence-corrected chi connectivity index (χ4v) is 6.91. The van der Waals surface area contributed by atoms with Gasteiger partial charge in [0, 0.05) is 12.8 Å². The molecule has 1 unspecified atom stereocenters. The Labute approximate surface area is 371 Å². The van der Waals surface area contributed by atoms with Gasteiger partial charge in [-0.25, -0.2) is 0 Å². The predicted octanol–water partition coefficient (Wildman–Crippen LogP) is 16.6. The van der Waals surface area contributed by atoms with Crippen molar-refractivity contribution in [2.75, 3.05) is 13.2 Å². The van der Waals surface area contributed by atoms with E-state index in [0.717, 1.165) is 83.5 Å². The lowest BCUT2D eigenvalue weighted by atomic mass is 10.0. The molecule has 0 aromatic heterocycles. The summed E-state index contributed by atoms with van der Waals surface area (Å²) >= 11 is 0. The third-order valence-electron chi connectivity index (χ3n) is 10.7. The summed E-state index contributed by atoms with van der Waals surface area (Å²) in [6, 6.07) is 0. The summed E-state index contributed by atoms with van der Waals surface area (Å²) in [5.74, 6) is -0.602. The highest BCUT2D eigenvalue weighted by Gasteiger charge is 2.16. The van der Waals surface area contributed by atoms with Crippen molar-refractivity contribution in [3.63, 3.8) is 0 Å². The fourth-order valence-electron chi connectivity index (χ4n) is 6.91. The molecule has 0 bridgehead atoms. The maximum absolute atomic E-state index is 12.3. The molecule has 0 saturated carbocycles. The number of hydrogen-bond acceptors (Lipinski definition) is 5. The standard InChI is InChI=1S/C55H94O5/c1-3-5-7-9-11-13-15-17-19-20-21-22-23-24-25-26-27-28-29-30-31-32-33-34-36-38-40-42-44-46-48-50-55(58)60-53(51-56)52-59-54(57)49-47-45-43-41-39-37-35-18-16-14-12-10-8-6-4-2/h5,7,11,13,17-19,21-22,24-25,27-28,35,53,56H,3-4,6,8-10,12,14-16,20,23,26,29-34,36-52H2,1-2H3/b7-5-,13-11-,19-17-,22-21-,25-24-,28-27-,35-18-. The highest BCUT2D eigenvalue weighted by molar-refractivity contribution is 5.70. The van der Waals surface area contributed by atoms with Gasteiger partial charge < -0.3 is 14.6 Å². The first-order valence-corrected chi connectivity index (χ1v) is 25.1. The van der Waals surface area contributed by atoms with E-state index in [9.17, 15) is 14.7 Å². The maximum atomic E-state index is 12.3. The third-order valence-corrected chi connectivity index (χ3v) is 10.7. The largest absolute Gasteiger partial charge is 0.462 e. The van der Waals surface area contributed by atoms with E-state index in [1.807, 2.05) is 0 Å². The molecule has 0 fully saturated rings. The molecule has 5 heteroatoms. The molecule has 0 rings (SSSR count). The van der Waals surface area contributed by atoms with Crippen LogP contribution in [0.4, 0.5) is 0 Å². The molecule has 0 saturated heterocycles. The van der Waals surface area contributed by atoms with Crippen molar-refractivity contribution in [1.29, 1.82) is 0 Å². The molecule has 344 valence electrons. The molecule has 60 heavy (non-hydrogen) atoms. The summed E-state index contributed by atoms with van der Waals surface area (Å²) in [5.41, 5.74) is 0. The number of hydrogen-bond donors (Lipinski definition) is 1. The number of aliphatic hydroxyl groups is 1. The molecule has 0 spiro atoms. The van der Waals surface area contributed by atoms with Crippen LogP contribution >= 0.6 is 0 Å². The lowest BCUT2D eigenvalue weighted by molar-refractivity contribution is -0.161. The predicted molar refractivity (Wildman–Crippen MR) is 260 cm³/mol. The fraction of sp³-hybridized carbons (Fsp3) is 0.709. The number of esters is 2. The van der Waals surface area contributed by atoms with Crippen molar-refractivity contribution in [3.8, 4) is 0 Å². The number of ether oxygens (including phenoxy) is 2. The molecule has 0 aliphatic rings. The summed E-state index contributed by atoms with van der Waals surface area (Å²) in [4.78, 5) is 24.4. The molecule has 0 aliphatic heterocycles. The molecular formula is C55H94O5.